The van der Waals surface area contributed by atoms with Crippen LogP contribution in [-0.2, 0) is 27.5 Å². The Kier molecular flexibility index (Phi) is 7.84. The van der Waals surface area contributed by atoms with E-state index < -0.39 is 23.9 Å². The molecular formula is C25H33NO5. The molecule has 3 N–H and O–H groups in total. The van der Waals surface area contributed by atoms with E-state index in [2.05, 4.69) is 5.32 Å². The van der Waals surface area contributed by atoms with E-state index >= 15 is 0 Å². The molecule has 0 spiro atoms. The summed E-state index contributed by atoms with van der Waals surface area (Å²) in [5.41, 5.74) is 1.70. The number of carbonyl (C=O) groups is 1. The molecule has 0 aromatic heterocycles. The van der Waals surface area contributed by atoms with E-state index in [0.29, 0.717) is 0 Å². The van der Waals surface area contributed by atoms with Crippen molar-refractivity contribution < 1.29 is 24.5 Å². The summed E-state index contributed by atoms with van der Waals surface area (Å²) in [7, 11) is 0. The second kappa shape index (κ2) is 10.4. The fourth-order valence-corrected chi connectivity index (χ4v) is 3.96. The number of hydrogen-bond acceptors (Lipinski definition) is 5. The van der Waals surface area contributed by atoms with Crippen LogP contribution in [0, 0.1) is 6.92 Å². The molecule has 3 rings (SSSR count). The maximum atomic E-state index is 13.2. The van der Waals surface area contributed by atoms with Crippen LogP contribution in [0.25, 0.3) is 0 Å². The number of rotatable bonds is 8. The molecule has 1 fully saturated rings. The van der Waals surface area contributed by atoms with E-state index in [9.17, 15) is 15.0 Å². The molecule has 4 atom stereocenters. The zero-order chi connectivity index (χ0) is 22.4. The molecule has 0 radical (unpaired) electrons. The van der Waals surface area contributed by atoms with Crippen molar-refractivity contribution in [1.82, 2.24) is 5.32 Å². The number of benzene rings is 2. The van der Waals surface area contributed by atoms with Crippen LogP contribution in [0.1, 0.15) is 43.4 Å². The smallest absolute Gasteiger partial charge is 0.252 e. The van der Waals surface area contributed by atoms with E-state index in [-0.39, 0.29) is 38.0 Å². The summed E-state index contributed by atoms with van der Waals surface area (Å²) in [6.07, 6.45) is -2.80. The molecule has 6 heteroatoms. The van der Waals surface area contributed by atoms with E-state index in [1.165, 1.54) is 0 Å². The van der Waals surface area contributed by atoms with E-state index in [1.807, 2.05) is 75.4 Å². The van der Waals surface area contributed by atoms with Crippen molar-refractivity contribution in [2.45, 2.75) is 76.8 Å². The molecule has 31 heavy (non-hydrogen) atoms. The van der Waals surface area contributed by atoms with Crippen LogP contribution in [-0.4, -0.2) is 46.1 Å². The quantitative estimate of drug-likeness (QED) is 0.603. The molecule has 1 saturated carbocycles. The van der Waals surface area contributed by atoms with Gasteiger partial charge >= 0.3 is 0 Å². The summed E-state index contributed by atoms with van der Waals surface area (Å²) in [5, 5.41) is 24.1. The number of amides is 1. The van der Waals surface area contributed by atoms with Gasteiger partial charge in [0.25, 0.3) is 5.91 Å². The van der Waals surface area contributed by atoms with Crippen LogP contribution in [0.3, 0.4) is 0 Å². The van der Waals surface area contributed by atoms with Crippen molar-refractivity contribution in [2.24, 2.45) is 0 Å². The Morgan fingerprint density at radius 3 is 2.45 bits per heavy atom. The third kappa shape index (κ3) is 6.14. The summed E-state index contributed by atoms with van der Waals surface area (Å²) in [6, 6.07) is 17.4. The van der Waals surface area contributed by atoms with Crippen molar-refractivity contribution in [3.63, 3.8) is 0 Å². The highest BCUT2D eigenvalue weighted by molar-refractivity contribution is 5.85. The van der Waals surface area contributed by atoms with Gasteiger partial charge in [-0.05, 0) is 31.9 Å². The zero-order valence-corrected chi connectivity index (χ0v) is 18.5. The summed E-state index contributed by atoms with van der Waals surface area (Å²) < 4.78 is 12.2. The molecule has 6 nitrogen and oxygen atoms in total. The van der Waals surface area contributed by atoms with Gasteiger partial charge in [0.2, 0.25) is 0 Å². The molecule has 0 aliphatic heterocycles. The van der Waals surface area contributed by atoms with Gasteiger partial charge in [0, 0.05) is 18.9 Å². The average molecular weight is 428 g/mol. The monoisotopic (exact) mass is 427 g/mol. The molecule has 1 amide bonds. The molecule has 2 aromatic rings. The van der Waals surface area contributed by atoms with Crippen LogP contribution in [0.2, 0.25) is 0 Å². The molecule has 2 aromatic carbocycles. The number of hydrogen-bond donors (Lipinski definition) is 3. The van der Waals surface area contributed by atoms with Gasteiger partial charge < -0.3 is 25.0 Å². The first-order valence-electron chi connectivity index (χ1n) is 10.8. The Morgan fingerprint density at radius 1 is 1.06 bits per heavy atom. The highest BCUT2D eigenvalue weighted by Gasteiger charge is 2.51. The predicted molar refractivity (Wildman–Crippen MR) is 118 cm³/mol. The second-order valence-corrected chi connectivity index (χ2v) is 8.70. The number of aliphatic hydroxyl groups excluding tert-OH is 2. The zero-order valence-electron chi connectivity index (χ0n) is 18.5. The van der Waals surface area contributed by atoms with Gasteiger partial charge in [-0.1, -0.05) is 60.2 Å². The van der Waals surface area contributed by atoms with Gasteiger partial charge in [0.05, 0.1) is 25.4 Å². The highest BCUT2D eigenvalue weighted by atomic mass is 16.5. The van der Waals surface area contributed by atoms with Crippen molar-refractivity contribution in [3.05, 3.63) is 71.3 Å². The van der Waals surface area contributed by atoms with Crippen LogP contribution in [0.4, 0.5) is 0 Å². The normalized spacial score (nSPS) is 26.1. The van der Waals surface area contributed by atoms with Gasteiger partial charge in [-0.25, -0.2) is 0 Å². The minimum absolute atomic E-state index is 0.00370. The molecule has 168 valence electrons. The van der Waals surface area contributed by atoms with E-state index in [1.54, 1.807) is 0 Å². The summed E-state index contributed by atoms with van der Waals surface area (Å²) >= 11 is 0. The number of ether oxygens (including phenoxy) is 2. The molecule has 0 heterocycles. The summed E-state index contributed by atoms with van der Waals surface area (Å²) in [4.78, 5) is 13.2. The fraction of sp³-hybridized carbons (Fsp3) is 0.480. The molecular weight excluding hydrogens is 394 g/mol. The Hall–Kier alpha value is -2.25. The van der Waals surface area contributed by atoms with Crippen LogP contribution in [0.5, 0.6) is 0 Å². The lowest BCUT2D eigenvalue weighted by molar-refractivity contribution is -0.200. The Morgan fingerprint density at radius 2 is 1.77 bits per heavy atom. The largest absolute Gasteiger partial charge is 0.390 e. The first-order valence-corrected chi connectivity index (χ1v) is 10.8. The van der Waals surface area contributed by atoms with Crippen LogP contribution >= 0.6 is 0 Å². The number of carbonyl (C=O) groups excluding carboxylic acids is 1. The van der Waals surface area contributed by atoms with Crippen molar-refractivity contribution in [2.75, 3.05) is 0 Å². The first kappa shape index (κ1) is 23.4. The number of aliphatic hydroxyl groups is 2. The summed E-state index contributed by atoms with van der Waals surface area (Å²) in [6.45, 7) is 6.25. The van der Waals surface area contributed by atoms with Gasteiger partial charge in [0.15, 0.2) is 5.60 Å². The topological polar surface area (TPSA) is 88.0 Å². The van der Waals surface area contributed by atoms with Gasteiger partial charge in [-0.15, -0.1) is 0 Å². The van der Waals surface area contributed by atoms with Gasteiger partial charge in [0.1, 0.15) is 6.10 Å². The minimum Gasteiger partial charge on any atom is -0.390 e. The van der Waals surface area contributed by atoms with Crippen LogP contribution in [0.15, 0.2) is 54.6 Å². The van der Waals surface area contributed by atoms with Gasteiger partial charge in [-0.3, -0.25) is 4.79 Å². The number of nitrogens with one attached hydrogen (secondary N) is 1. The third-order valence-electron chi connectivity index (χ3n) is 5.58. The predicted octanol–water partition coefficient (Wildman–Crippen LogP) is 2.88. The highest BCUT2D eigenvalue weighted by Crippen LogP contribution is 2.36. The van der Waals surface area contributed by atoms with Crippen LogP contribution < -0.4 is 5.32 Å². The Bertz CT molecular complexity index is 856. The molecule has 0 unspecified atom stereocenters. The fourth-order valence-electron chi connectivity index (χ4n) is 3.96. The maximum Gasteiger partial charge on any atom is 0.252 e. The number of aryl methyl sites for hydroxylation is 1. The van der Waals surface area contributed by atoms with E-state index in [4.69, 9.17) is 9.47 Å². The SMILES string of the molecule is Cc1cccc(CO[C@@]2(C(=O)NC(C)C)C[C@@H](O)[C@@H](O)[C@@H](OCc3ccccc3)C2)c1. The Balaban J connectivity index is 1.80. The van der Waals surface area contributed by atoms with Gasteiger partial charge in [-0.2, -0.15) is 0 Å². The van der Waals surface area contributed by atoms with E-state index in [0.717, 1.165) is 16.7 Å². The van der Waals surface area contributed by atoms with Crippen molar-refractivity contribution in [3.8, 4) is 0 Å². The lowest BCUT2D eigenvalue weighted by atomic mass is 9.78. The van der Waals surface area contributed by atoms with Crippen molar-refractivity contribution >= 4 is 5.91 Å². The standard InChI is InChI=1S/C25H33NO5/c1-17(2)26-24(29)25(31-16-20-11-7-8-18(3)12-20)13-21(27)23(28)22(14-25)30-15-19-9-5-4-6-10-19/h4-12,17,21-23,27-28H,13-16H2,1-3H3,(H,26,29)/t21-,22+,23-,25+/m1/s1. The molecule has 1 aliphatic rings. The lowest BCUT2D eigenvalue weighted by Gasteiger charge is -2.44. The first-order chi connectivity index (χ1) is 14.8. The Labute approximate surface area is 184 Å². The third-order valence-corrected chi connectivity index (χ3v) is 5.58. The summed E-state index contributed by atoms with van der Waals surface area (Å²) in [5.74, 6) is -0.297. The van der Waals surface area contributed by atoms with Crippen molar-refractivity contribution in [1.29, 1.82) is 0 Å². The molecule has 1 aliphatic carbocycles. The molecule has 0 saturated heterocycles. The average Bonchev–Trinajstić information content (AvgIpc) is 2.74. The minimum atomic E-state index is -1.30. The second-order valence-electron chi connectivity index (χ2n) is 8.70. The molecule has 0 bridgehead atoms. The lowest BCUT2D eigenvalue weighted by Crippen LogP contribution is -2.61. The maximum absolute atomic E-state index is 13.2.